The Hall–Kier alpha value is -0.600. The fourth-order valence-electron chi connectivity index (χ4n) is 1.68. The zero-order valence-corrected chi connectivity index (χ0v) is 10.8. The molecule has 0 atom stereocenters. The Morgan fingerprint density at radius 1 is 0.875 bits per heavy atom. The first-order valence-corrected chi connectivity index (χ1v) is 6.38. The molecule has 98 valence electrons. The molecule has 0 fully saturated rings. The van der Waals surface area contributed by atoms with Crippen LogP contribution in [0.15, 0.2) is 0 Å². The van der Waals surface area contributed by atoms with Crippen molar-refractivity contribution in [3.63, 3.8) is 0 Å². The molecule has 0 heterocycles. The average molecular weight is 234 g/mol. The topological polar surface area (TPSA) is 26.3 Å². The van der Waals surface area contributed by atoms with E-state index in [-0.39, 0.29) is 10.7 Å². The van der Waals surface area contributed by atoms with Crippen LogP contribution in [-0.2, 0) is 9.53 Å². The van der Waals surface area contributed by atoms with Gasteiger partial charge in [-0.3, -0.25) is 9.50 Å². The summed E-state index contributed by atoms with van der Waals surface area (Å²) in [5, 5.41) is 0. The van der Waals surface area contributed by atoms with E-state index in [1.807, 2.05) is 0 Å². The van der Waals surface area contributed by atoms with Crippen molar-refractivity contribution in [1.82, 2.24) is 0 Å². The van der Waals surface area contributed by atoms with Gasteiger partial charge in [-0.15, -0.1) is 0 Å². The van der Waals surface area contributed by atoms with Gasteiger partial charge in [-0.1, -0.05) is 58.3 Å². The monoisotopic (exact) mass is 234 g/mol. The minimum atomic E-state index is -0.0713. The Bertz CT molecular complexity index is 149. The van der Waals surface area contributed by atoms with Crippen LogP contribution in [0.25, 0.3) is 0 Å². The van der Waals surface area contributed by atoms with E-state index in [2.05, 4.69) is 11.7 Å². The van der Waals surface area contributed by atoms with Crippen LogP contribution in [-0.4, -0.2) is 13.1 Å². The van der Waals surface area contributed by atoms with E-state index < -0.39 is 0 Å². The lowest BCUT2D eigenvalue weighted by molar-refractivity contribution is -0.140. The van der Waals surface area contributed by atoms with Crippen molar-refractivity contribution in [2.24, 2.45) is 0 Å². The van der Waals surface area contributed by atoms with Crippen LogP contribution < -0.4 is 0 Å². The summed E-state index contributed by atoms with van der Waals surface area (Å²) in [4.78, 5) is 10.8. The molecule has 0 N–H and O–H groups in total. The van der Waals surface area contributed by atoms with Crippen molar-refractivity contribution in [2.45, 2.75) is 71.1 Å². The van der Waals surface area contributed by atoms with E-state index in [0.29, 0.717) is 6.42 Å². The van der Waals surface area contributed by atoms with Crippen molar-refractivity contribution in [3.05, 3.63) is 0 Å². The lowest BCUT2D eigenvalue weighted by atomic mass is 10.1. The second-order valence-corrected chi connectivity index (χ2v) is 4.15. The number of esters is 1. The first-order valence-electron chi connectivity index (χ1n) is 6.38. The second-order valence-electron chi connectivity index (χ2n) is 4.15. The van der Waals surface area contributed by atoms with Crippen LogP contribution >= 0.6 is 0 Å². The van der Waals surface area contributed by atoms with Crippen LogP contribution in [0, 0.1) is 0 Å². The van der Waals surface area contributed by atoms with E-state index in [4.69, 9.17) is 0 Å². The molecule has 0 amide bonds. The molecular formula is C13H27FO2. The number of methoxy groups -OCH3 is 1. The van der Waals surface area contributed by atoms with Crippen LogP contribution in [0.4, 0.5) is 4.70 Å². The minimum Gasteiger partial charge on any atom is -0.469 e. The highest BCUT2D eigenvalue weighted by atomic mass is 19.0. The Balaban J connectivity index is 0. The summed E-state index contributed by atoms with van der Waals surface area (Å²) in [5.74, 6) is -0.0713. The smallest absolute Gasteiger partial charge is 0.305 e. The maximum absolute atomic E-state index is 10.8. The molecule has 0 aromatic heterocycles. The van der Waals surface area contributed by atoms with E-state index in [0.717, 1.165) is 6.42 Å². The van der Waals surface area contributed by atoms with Crippen molar-refractivity contribution in [1.29, 1.82) is 0 Å². The standard InChI is InChI=1S/C13H26O2.FH/c1-3-4-5-6-7-8-9-10-11-12-13(14)15-2;/h3-12H2,1-2H3;1H. The van der Waals surface area contributed by atoms with Gasteiger partial charge in [0.2, 0.25) is 0 Å². The number of hydrogen-bond acceptors (Lipinski definition) is 2. The number of unbranched alkanes of at least 4 members (excludes halogenated alkanes) is 8. The highest BCUT2D eigenvalue weighted by Gasteiger charge is 1.98. The van der Waals surface area contributed by atoms with E-state index >= 15 is 0 Å². The van der Waals surface area contributed by atoms with Gasteiger partial charge in [-0.25, -0.2) is 0 Å². The third kappa shape index (κ3) is 13.4. The summed E-state index contributed by atoms with van der Waals surface area (Å²) >= 11 is 0. The Morgan fingerprint density at radius 3 is 1.75 bits per heavy atom. The summed E-state index contributed by atoms with van der Waals surface area (Å²) in [6.07, 6.45) is 12.2. The summed E-state index contributed by atoms with van der Waals surface area (Å²) < 4.78 is 4.58. The third-order valence-corrected chi connectivity index (χ3v) is 2.71. The summed E-state index contributed by atoms with van der Waals surface area (Å²) in [5.41, 5.74) is 0. The maximum atomic E-state index is 10.8. The molecule has 0 aromatic carbocycles. The minimum absolute atomic E-state index is 0. The summed E-state index contributed by atoms with van der Waals surface area (Å²) in [6.45, 7) is 2.24. The van der Waals surface area contributed by atoms with Crippen molar-refractivity contribution in [3.8, 4) is 0 Å². The van der Waals surface area contributed by atoms with Gasteiger partial charge in [-0.05, 0) is 6.42 Å². The van der Waals surface area contributed by atoms with E-state index in [9.17, 15) is 4.79 Å². The molecule has 2 nitrogen and oxygen atoms in total. The fraction of sp³-hybridized carbons (Fsp3) is 0.923. The summed E-state index contributed by atoms with van der Waals surface area (Å²) in [7, 11) is 1.45. The third-order valence-electron chi connectivity index (χ3n) is 2.71. The molecule has 0 bridgehead atoms. The van der Waals surface area contributed by atoms with Gasteiger partial charge in [0.25, 0.3) is 0 Å². The number of halogens is 1. The van der Waals surface area contributed by atoms with Gasteiger partial charge >= 0.3 is 5.97 Å². The van der Waals surface area contributed by atoms with Crippen molar-refractivity contribution < 1.29 is 14.2 Å². The van der Waals surface area contributed by atoms with Gasteiger partial charge in [0.15, 0.2) is 0 Å². The van der Waals surface area contributed by atoms with Crippen LogP contribution in [0.3, 0.4) is 0 Å². The highest BCUT2D eigenvalue weighted by molar-refractivity contribution is 5.68. The lowest BCUT2D eigenvalue weighted by Crippen LogP contribution is -1.99. The first-order chi connectivity index (χ1) is 7.31. The number of rotatable bonds is 10. The molecule has 0 aliphatic carbocycles. The first kappa shape index (κ1) is 17.8. The van der Waals surface area contributed by atoms with Crippen LogP contribution in [0.1, 0.15) is 71.1 Å². The molecule has 0 aromatic rings. The van der Waals surface area contributed by atoms with Crippen molar-refractivity contribution in [2.75, 3.05) is 7.11 Å². The number of carbonyl (C=O) groups excluding carboxylic acids is 1. The molecule has 0 aliphatic heterocycles. The largest absolute Gasteiger partial charge is 0.469 e. The van der Waals surface area contributed by atoms with Gasteiger partial charge in [0.1, 0.15) is 0 Å². The average Bonchev–Trinajstić information content (AvgIpc) is 2.26. The summed E-state index contributed by atoms with van der Waals surface area (Å²) in [6, 6.07) is 0. The normalized spacial score (nSPS) is 9.62. The molecule has 0 spiro atoms. The van der Waals surface area contributed by atoms with Gasteiger partial charge < -0.3 is 4.74 Å². The van der Waals surface area contributed by atoms with E-state index in [1.54, 1.807) is 0 Å². The molecule has 0 saturated heterocycles. The molecule has 3 heteroatoms. The number of ether oxygens (including phenoxy) is 1. The van der Waals surface area contributed by atoms with Gasteiger partial charge in [0, 0.05) is 6.42 Å². The zero-order valence-electron chi connectivity index (χ0n) is 10.8. The molecule has 0 unspecified atom stereocenters. The predicted molar refractivity (Wildman–Crippen MR) is 66.4 cm³/mol. The zero-order chi connectivity index (χ0) is 11.4. The molecule has 16 heavy (non-hydrogen) atoms. The number of carbonyl (C=O) groups is 1. The Labute approximate surface area is 99.1 Å². The van der Waals surface area contributed by atoms with Gasteiger partial charge in [-0.2, -0.15) is 0 Å². The molecule has 0 rings (SSSR count). The Kier molecular flexibility index (Phi) is 16.0. The molecular weight excluding hydrogens is 207 g/mol. The van der Waals surface area contributed by atoms with Crippen LogP contribution in [0.5, 0.6) is 0 Å². The highest BCUT2D eigenvalue weighted by Crippen LogP contribution is 2.10. The quantitative estimate of drug-likeness (QED) is 0.417. The molecule has 0 radical (unpaired) electrons. The molecule has 0 aliphatic rings. The van der Waals surface area contributed by atoms with Gasteiger partial charge in [0.05, 0.1) is 7.11 Å². The predicted octanol–water partition coefficient (Wildman–Crippen LogP) is 4.23. The Morgan fingerprint density at radius 2 is 1.31 bits per heavy atom. The van der Waals surface area contributed by atoms with Crippen LogP contribution in [0.2, 0.25) is 0 Å². The fourth-order valence-corrected chi connectivity index (χ4v) is 1.68. The SMILES string of the molecule is CCCCCCCCCCCC(=O)OC.F. The molecule has 0 saturated carbocycles. The lowest BCUT2D eigenvalue weighted by Gasteiger charge is -2.01. The maximum Gasteiger partial charge on any atom is 0.305 e. The van der Waals surface area contributed by atoms with Crippen molar-refractivity contribution >= 4 is 5.97 Å². The number of hydrogen-bond donors (Lipinski definition) is 0. The van der Waals surface area contributed by atoms with E-state index in [1.165, 1.54) is 58.5 Å². The second kappa shape index (κ2) is 14.4.